The zero-order valence-electron chi connectivity index (χ0n) is 30.9. The second-order valence-corrected chi connectivity index (χ2v) is 22.8. The molecule has 0 aromatic heterocycles. The molecule has 1 saturated carbocycles. The maximum Gasteiger partial charge on any atom is 0.410 e. The summed E-state index contributed by atoms with van der Waals surface area (Å²) in [6, 6.07) is 0. The van der Waals surface area contributed by atoms with Crippen LogP contribution in [0.15, 0.2) is 0 Å². The summed E-state index contributed by atoms with van der Waals surface area (Å²) in [5, 5.41) is 0.251. The molecule has 3 heterocycles. The minimum atomic E-state index is -1.74. The van der Waals surface area contributed by atoms with E-state index in [1.54, 1.807) is 0 Å². The molecule has 3 aliphatic heterocycles. The summed E-state index contributed by atoms with van der Waals surface area (Å²) >= 11 is 0. The highest BCUT2D eigenvalue weighted by Gasteiger charge is 2.51. The normalized spacial score (nSPS) is 28.4. The molecule has 1 aliphatic carbocycles. The molecule has 4 rings (SSSR count). The molecule has 8 heteroatoms. The van der Waals surface area contributed by atoms with Crippen molar-refractivity contribution >= 4 is 20.3 Å². The Balaban J connectivity index is 1.30. The first-order valence-electron chi connectivity index (χ1n) is 18.6. The fourth-order valence-corrected chi connectivity index (χ4v) is 9.81. The number of carbonyl (C=O) groups is 2. The highest BCUT2D eigenvalue weighted by molar-refractivity contribution is 6.74. The predicted octanol–water partition coefficient (Wildman–Crippen LogP) is 8.48. The van der Waals surface area contributed by atoms with E-state index in [2.05, 4.69) is 57.5 Å². The van der Waals surface area contributed by atoms with Crippen molar-refractivity contribution < 1.29 is 18.8 Å². The van der Waals surface area contributed by atoms with Gasteiger partial charge in [0.2, 0.25) is 5.91 Å². The molecule has 260 valence electrons. The average Bonchev–Trinajstić information content (AvgIpc) is 2.94. The van der Waals surface area contributed by atoms with E-state index in [9.17, 15) is 9.59 Å². The molecule has 4 aliphatic rings. The van der Waals surface area contributed by atoms with E-state index in [4.69, 9.17) is 9.16 Å². The van der Waals surface area contributed by atoms with Gasteiger partial charge < -0.3 is 19.0 Å². The lowest BCUT2D eigenvalue weighted by Gasteiger charge is -2.55. The molecule has 2 amide bonds. The molecule has 4 fully saturated rings. The number of carbonyl (C=O) groups excluding carboxylic acids is 2. The number of rotatable bonds is 8. The highest BCUT2D eigenvalue weighted by atomic mass is 28.4. The van der Waals surface area contributed by atoms with Crippen molar-refractivity contribution in [2.45, 2.75) is 168 Å². The smallest absolute Gasteiger partial charge is 0.410 e. The Morgan fingerprint density at radius 3 is 2.00 bits per heavy atom. The third kappa shape index (κ3) is 8.87. The summed E-state index contributed by atoms with van der Waals surface area (Å²) in [5.41, 5.74) is -0.197. The molecule has 1 spiro atoms. The Kier molecular flexibility index (Phi) is 11.5. The van der Waals surface area contributed by atoms with Gasteiger partial charge in [-0.25, -0.2) is 4.79 Å². The minimum Gasteiger partial charge on any atom is -0.444 e. The first kappa shape index (κ1) is 36.7. The maximum absolute atomic E-state index is 14.2. The van der Waals surface area contributed by atoms with E-state index in [0.717, 1.165) is 103 Å². The summed E-state index contributed by atoms with van der Waals surface area (Å²) < 4.78 is 12.4. The van der Waals surface area contributed by atoms with Crippen molar-refractivity contribution in [1.29, 1.82) is 0 Å². The predicted molar refractivity (Wildman–Crippen MR) is 187 cm³/mol. The van der Waals surface area contributed by atoms with Crippen molar-refractivity contribution in [2.24, 2.45) is 17.3 Å². The second-order valence-electron chi connectivity index (χ2n) is 18.1. The lowest BCUT2D eigenvalue weighted by Crippen LogP contribution is -2.61. The van der Waals surface area contributed by atoms with Gasteiger partial charge in [-0.05, 0) is 134 Å². The molecule has 0 N–H and O–H groups in total. The lowest BCUT2D eigenvalue weighted by atomic mass is 9.62. The van der Waals surface area contributed by atoms with Crippen LogP contribution >= 0.6 is 0 Å². The number of likely N-dealkylation sites (tertiary alicyclic amines) is 3. The molecule has 1 atom stereocenters. The Hall–Kier alpha value is -1.12. The van der Waals surface area contributed by atoms with Gasteiger partial charge in [0.15, 0.2) is 8.32 Å². The van der Waals surface area contributed by atoms with Crippen LogP contribution < -0.4 is 0 Å². The molecule has 1 unspecified atom stereocenters. The zero-order chi connectivity index (χ0) is 33.3. The number of ether oxygens (including phenoxy) is 1. The van der Waals surface area contributed by atoms with Gasteiger partial charge in [-0.2, -0.15) is 0 Å². The van der Waals surface area contributed by atoms with E-state index < -0.39 is 13.9 Å². The van der Waals surface area contributed by atoms with Crippen LogP contribution in [0.2, 0.25) is 18.1 Å². The molecule has 0 aromatic rings. The Morgan fingerprint density at radius 2 is 1.47 bits per heavy atom. The van der Waals surface area contributed by atoms with Crippen LogP contribution in [0.5, 0.6) is 0 Å². The lowest BCUT2D eigenvalue weighted by molar-refractivity contribution is -0.152. The van der Waals surface area contributed by atoms with Crippen LogP contribution in [-0.4, -0.2) is 91.5 Å². The number of unbranched alkanes of at least 4 members (excludes halogenated alkanes) is 1. The maximum atomic E-state index is 14.2. The molecule has 7 nitrogen and oxygen atoms in total. The largest absolute Gasteiger partial charge is 0.444 e. The van der Waals surface area contributed by atoms with Crippen LogP contribution in [0, 0.1) is 17.3 Å². The first-order chi connectivity index (χ1) is 20.9. The fraction of sp³-hybridized carbons (Fsp3) is 0.946. The first-order valence-corrected chi connectivity index (χ1v) is 21.5. The van der Waals surface area contributed by atoms with Gasteiger partial charge in [0, 0.05) is 43.7 Å². The number of hydrogen-bond acceptors (Lipinski definition) is 5. The van der Waals surface area contributed by atoms with Crippen LogP contribution in [0.1, 0.15) is 132 Å². The van der Waals surface area contributed by atoms with Crippen LogP contribution in [0.4, 0.5) is 4.79 Å². The molecule has 45 heavy (non-hydrogen) atoms. The third-order valence-corrected chi connectivity index (χ3v) is 17.2. The standard InChI is InChI=1S/C37H69N3O4Si/c1-11-12-13-31-32(41)39(28-29-14-16-30(17-15-29)44-45(9,10)35(5,6)7)25-20-37(31)21-26-40(27-22-37)36(8)18-23-38(24-19-36)33(42)43-34(2,3)4/h29-31H,11-28H2,1-10H3/t29-,30-,31?. The topological polar surface area (TPSA) is 62.3 Å². The van der Waals surface area contributed by atoms with Crippen LogP contribution in [0.25, 0.3) is 0 Å². The van der Waals surface area contributed by atoms with Gasteiger partial charge in [0.05, 0.1) is 0 Å². The van der Waals surface area contributed by atoms with Crippen molar-refractivity contribution in [2.75, 3.05) is 39.3 Å². The van der Waals surface area contributed by atoms with E-state index in [-0.39, 0.29) is 28.0 Å². The Bertz CT molecular complexity index is 994. The summed E-state index contributed by atoms with van der Waals surface area (Å²) in [6.45, 7) is 27.7. The third-order valence-electron chi connectivity index (χ3n) is 12.6. The van der Waals surface area contributed by atoms with E-state index in [0.29, 0.717) is 17.9 Å². The van der Waals surface area contributed by atoms with Crippen molar-refractivity contribution in [3.8, 4) is 0 Å². The van der Waals surface area contributed by atoms with Gasteiger partial charge in [-0.1, -0.05) is 40.5 Å². The monoisotopic (exact) mass is 648 g/mol. The van der Waals surface area contributed by atoms with Crippen molar-refractivity contribution in [3.05, 3.63) is 0 Å². The molecular weight excluding hydrogens is 579 g/mol. The molecule has 0 bridgehead atoms. The van der Waals surface area contributed by atoms with Crippen molar-refractivity contribution in [3.63, 3.8) is 0 Å². The zero-order valence-corrected chi connectivity index (χ0v) is 31.9. The van der Waals surface area contributed by atoms with Gasteiger partial charge in [-0.15, -0.1) is 0 Å². The molecule has 3 saturated heterocycles. The SMILES string of the molecule is CCCCC1C(=O)N(C[C@H]2CC[C@H](O[Si](C)(C)C(C)(C)C)CC2)CCC12CCN(C1(C)CCN(C(=O)OC(C)(C)C)CC1)CC2. The quantitative estimate of drug-likeness (QED) is 0.247. The van der Waals surface area contributed by atoms with Crippen molar-refractivity contribution in [1.82, 2.24) is 14.7 Å². The number of piperidine rings is 3. The number of hydrogen-bond donors (Lipinski definition) is 0. The molecular formula is C37H69N3O4Si. The Labute approximate surface area is 277 Å². The summed E-state index contributed by atoms with van der Waals surface area (Å²) in [4.78, 5) is 33.8. The van der Waals surface area contributed by atoms with Crippen LogP contribution in [-0.2, 0) is 14.0 Å². The van der Waals surface area contributed by atoms with E-state index in [1.807, 2.05) is 25.7 Å². The van der Waals surface area contributed by atoms with Gasteiger partial charge in [0.25, 0.3) is 0 Å². The van der Waals surface area contributed by atoms with Crippen LogP contribution in [0.3, 0.4) is 0 Å². The summed E-state index contributed by atoms with van der Waals surface area (Å²) in [5.74, 6) is 1.25. The molecule has 0 aromatic carbocycles. The number of nitrogens with zero attached hydrogens (tertiary/aromatic N) is 3. The van der Waals surface area contributed by atoms with E-state index >= 15 is 0 Å². The molecule has 0 radical (unpaired) electrons. The minimum absolute atomic E-state index is 0.108. The van der Waals surface area contributed by atoms with Gasteiger partial charge in [-0.3, -0.25) is 9.69 Å². The second kappa shape index (κ2) is 14.2. The number of amides is 2. The fourth-order valence-electron chi connectivity index (χ4n) is 8.39. The Morgan fingerprint density at radius 1 is 0.889 bits per heavy atom. The summed E-state index contributed by atoms with van der Waals surface area (Å²) in [7, 11) is -1.74. The van der Waals surface area contributed by atoms with Gasteiger partial charge in [0.1, 0.15) is 5.60 Å². The van der Waals surface area contributed by atoms with Gasteiger partial charge >= 0.3 is 6.09 Å². The highest BCUT2D eigenvalue weighted by Crippen LogP contribution is 2.50. The average molecular weight is 648 g/mol. The van der Waals surface area contributed by atoms with E-state index in [1.165, 1.54) is 12.8 Å². The summed E-state index contributed by atoms with van der Waals surface area (Å²) in [6.07, 6.45) is 13.6.